The van der Waals surface area contributed by atoms with Crippen molar-refractivity contribution >= 4 is 23.0 Å². The third kappa shape index (κ3) is 4.42. The Hall–Kier alpha value is -2.38. The van der Waals surface area contributed by atoms with Gasteiger partial charge in [0, 0.05) is 12.5 Å². The van der Waals surface area contributed by atoms with E-state index >= 15 is 0 Å². The molecule has 7 nitrogen and oxygen atoms in total. The van der Waals surface area contributed by atoms with E-state index in [4.69, 9.17) is 18.9 Å². The van der Waals surface area contributed by atoms with Crippen LogP contribution in [-0.4, -0.2) is 49.9 Å². The second-order valence-corrected chi connectivity index (χ2v) is 6.72. The van der Waals surface area contributed by atoms with Gasteiger partial charge in [-0.2, -0.15) is 0 Å². The smallest absolute Gasteiger partial charge is 0.419 e. The van der Waals surface area contributed by atoms with Crippen molar-refractivity contribution in [3.8, 4) is 0 Å². The fourth-order valence-electron chi connectivity index (χ4n) is 2.68. The molecule has 0 unspecified atom stereocenters. The summed E-state index contributed by atoms with van der Waals surface area (Å²) in [7, 11) is 2.82. The van der Waals surface area contributed by atoms with E-state index in [-0.39, 0.29) is 12.5 Å². The molecule has 0 saturated carbocycles. The summed E-state index contributed by atoms with van der Waals surface area (Å²) in [5.41, 5.74) is 0.722. The van der Waals surface area contributed by atoms with Crippen LogP contribution in [0.3, 0.4) is 0 Å². The fraction of sp³-hybridized carbons (Fsp3) is 0.474. The van der Waals surface area contributed by atoms with Gasteiger partial charge in [0.25, 0.3) is 0 Å². The predicted octanol–water partition coefficient (Wildman–Crippen LogP) is 3.37. The summed E-state index contributed by atoms with van der Waals surface area (Å²) >= 11 is 0. The van der Waals surface area contributed by atoms with E-state index in [0.29, 0.717) is 24.1 Å². The molecule has 7 heteroatoms. The molecule has 0 bridgehead atoms. The van der Waals surface area contributed by atoms with Crippen LogP contribution < -0.4 is 0 Å². The molecule has 0 saturated heterocycles. The first-order chi connectivity index (χ1) is 12.3. The molecule has 26 heavy (non-hydrogen) atoms. The van der Waals surface area contributed by atoms with Gasteiger partial charge in [-0.05, 0) is 38.8 Å². The number of rotatable bonds is 6. The Balaban J connectivity index is 2.58. The predicted molar refractivity (Wildman–Crippen MR) is 96.4 cm³/mol. The molecule has 0 aliphatic rings. The van der Waals surface area contributed by atoms with Crippen LogP contribution in [-0.2, 0) is 25.4 Å². The SMILES string of the molecule is COCOCCc1c(C(=O)OC)n(C(=O)OC(C)(C)C)c2ccccc12. The molecular weight excluding hydrogens is 338 g/mol. The number of fused-ring (bicyclic) bond motifs is 1. The lowest BCUT2D eigenvalue weighted by Gasteiger charge is -2.20. The highest BCUT2D eigenvalue weighted by Gasteiger charge is 2.29. The summed E-state index contributed by atoms with van der Waals surface area (Å²) < 4.78 is 21.9. The second-order valence-electron chi connectivity index (χ2n) is 6.72. The molecule has 0 radical (unpaired) electrons. The van der Waals surface area contributed by atoms with Crippen molar-refractivity contribution in [3.05, 3.63) is 35.5 Å². The highest BCUT2D eigenvalue weighted by Crippen LogP contribution is 2.28. The van der Waals surface area contributed by atoms with E-state index in [0.717, 1.165) is 5.39 Å². The largest absolute Gasteiger partial charge is 0.464 e. The minimum atomic E-state index is -0.697. The molecule has 1 aromatic carbocycles. The number of para-hydroxylation sites is 1. The molecular formula is C19H25NO6. The number of benzene rings is 1. The van der Waals surface area contributed by atoms with Gasteiger partial charge in [0.1, 0.15) is 18.1 Å². The maximum Gasteiger partial charge on any atom is 0.419 e. The van der Waals surface area contributed by atoms with Crippen LogP contribution in [0.1, 0.15) is 36.8 Å². The number of ether oxygens (including phenoxy) is 4. The van der Waals surface area contributed by atoms with Gasteiger partial charge < -0.3 is 18.9 Å². The monoisotopic (exact) mass is 363 g/mol. The van der Waals surface area contributed by atoms with Crippen molar-refractivity contribution in [2.75, 3.05) is 27.6 Å². The minimum Gasteiger partial charge on any atom is -0.464 e. The molecule has 0 aliphatic carbocycles. The number of carbonyl (C=O) groups excluding carboxylic acids is 2. The standard InChI is InChI=1S/C19H25NO6/c1-19(2,3)26-18(22)20-15-9-7-6-8-13(15)14(10-11-25-12-23-4)16(20)17(21)24-5/h6-9H,10-12H2,1-5H3. The van der Waals surface area contributed by atoms with Crippen molar-refractivity contribution in [2.45, 2.75) is 32.8 Å². The van der Waals surface area contributed by atoms with E-state index in [1.807, 2.05) is 12.1 Å². The number of esters is 1. The van der Waals surface area contributed by atoms with Crippen molar-refractivity contribution in [3.63, 3.8) is 0 Å². The number of hydrogen-bond acceptors (Lipinski definition) is 6. The van der Waals surface area contributed by atoms with Crippen LogP contribution >= 0.6 is 0 Å². The van der Waals surface area contributed by atoms with Gasteiger partial charge in [0.2, 0.25) is 0 Å². The van der Waals surface area contributed by atoms with Crippen LogP contribution in [0.5, 0.6) is 0 Å². The highest BCUT2D eigenvalue weighted by atomic mass is 16.7. The molecule has 2 rings (SSSR count). The molecule has 142 valence electrons. The van der Waals surface area contributed by atoms with Crippen LogP contribution in [0.2, 0.25) is 0 Å². The zero-order valence-corrected chi connectivity index (χ0v) is 15.8. The fourth-order valence-corrected chi connectivity index (χ4v) is 2.68. The average Bonchev–Trinajstić information content (AvgIpc) is 2.91. The first-order valence-corrected chi connectivity index (χ1v) is 8.30. The van der Waals surface area contributed by atoms with Crippen LogP contribution in [0.4, 0.5) is 4.79 Å². The summed E-state index contributed by atoms with van der Waals surface area (Å²) in [6.45, 7) is 5.80. The quantitative estimate of drug-likeness (QED) is 0.445. The zero-order valence-electron chi connectivity index (χ0n) is 15.8. The molecule has 0 atom stereocenters. The summed E-state index contributed by atoms with van der Waals surface area (Å²) in [5, 5.41) is 0.778. The number of nitrogens with zero attached hydrogens (tertiary/aromatic N) is 1. The molecule has 0 spiro atoms. The molecule has 1 aromatic heterocycles. The third-order valence-electron chi connectivity index (χ3n) is 3.63. The summed E-state index contributed by atoms with van der Waals surface area (Å²) in [5.74, 6) is -0.603. The van der Waals surface area contributed by atoms with Crippen molar-refractivity contribution < 1.29 is 28.5 Å². The van der Waals surface area contributed by atoms with Crippen molar-refractivity contribution in [1.29, 1.82) is 0 Å². The average molecular weight is 363 g/mol. The van der Waals surface area contributed by atoms with Crippen LogP contribution in [0, 0.1) is 0 Å². The zero-order chi connectivity index (χ0) is 19.3. The maximum atomic E-state index is 12.8. The van der Waals surface area contributed by atoms with Crippen molar-refractivity contribution in [2.24, 2.45) is 0 Å². The van der Waals surface area contributed by atoms with Gasteiger partial charge in [-0.3, -0.25) is 0 Å². The second kappa shape index (κ2) is 8.33. The number of hydrogen-bond donors (Lipinski definition) is 0. The van der Waals surface area contributed by atoms with Gasteiger partial charge in [-0.25, -0.2) is 14.2 Å². The van der Waals surface area contributed by atoms with Crippen molar-refractivity contribution in [1.82, 2.24) is 4.57 Å². The molecule has 2 aromatic rings. The lowest BCUT2D eigenvalue weighted by Crippen LogP contribution is -2.29. The third-order valence-corrected chi connectivity index (χ3v) is 3.63. The Bertz CT molecular complexity index is 787. The normalized spacial score (nSPS) is 11.6. The van der Waals surface area contributed by atoms with Crippen LogP contribution in [0.25, 0.3) is 10.9 Å². The summed E-state index contributed by atoms with van der Waals surface area (Å²) in [6, 6.07) is 7.28. The molecule has 0 N–H and O–H groups in total. The number of aromatic nitrogens is 1. The minimum absolute atomic E-state index is 0.151. The highest BCUT2D eigenvalue weighted by molar-refractivity contribution is 6.04. The Morgan fingerprint density at radius 1 is 1.12 bits per heavy atom. The Morgan fingerprint density at radius 2 is 1.81 bits per heavy atom. The van der Waals surface area contributed by atoms with E-state index in [9.17, 15) is 9.59 Å². The van der Waals surface area contributed by atoms with E-state index in [1.54, 1.807) is 32.9 Å². The van der Waals surface area contributed by atoms with E-state index < -0.39 is 17.7 Å². The Kier molecular flexibility index (Phi) is 6.39. The Labute approximate surface area is 152 Å². The first-order valence-electron chi connectivity index (χ1n) is 8.30. The topological polar surface area (TPSA) is 76.0 Å². The van der Waals surface area contributed by atoms with E-state index in [1.165, 1.54) is 18.8 Å². The maximum absolute atomic E-state index is 12.8. The molecule has 0 fully saturated rings. The number of carbonyl (C=O) groups is 2. The van der Waals surface area contributed by atoms with Gasteiger partial charge in [-0.1, -0.05) is 18.2 Å². The molecule has 0 amide bonds. The van der Waals surface area contributed by atoms with Crippen LogP contribution in [0.15, 0.2) is 24.3 Å². The number of methoxy groups -OCH3 is 2. The molecule has 0 aliphatic heterocycles. The van der Waals surface area contributed by atoms with E-state index in [2.05, 4.69) is 0 Å². The van der Waals surface area contributed by atoms with Gasteiger partial charge in [0.05, 0.1) is 19.2 Å². The summed E-state index contributed by atoms with van der Waals surface area (Å²) in [4.78, 5) is 25.3. The summed E-state index contributed by atoms with van der Waals surface area (Å²) in [6.07, 6.45) is -0.206. The van der Waals surface area contributed by atoms with Gasteiger partial charge >= 0.3 is 12.1 Å². The van der Waals surface area contributed by atoms with Gasteiger partial charge in [0.15, 0.2) is 0 Å². The Morgan fingerprint density at radius 3 is 2.42 bits per heavy atom. The lowest BCUT2D eigenvalue weighted by molar-refractivity contribution is -0.0291. The first kappa shape index (κ1) is 19.9. The van der Waals surface area contributed by atoms with Gasteiger partial charge in [-0.15, -0.1) is 0 Å². The lowest BCUT2D eigenvalue weighted by atomic mass is 10.1. The molecule has 1 heterocycles.